The van der Waals surface area contributed by atoms with E-state index < -0.39 is 12.0 Å². The number of urea groups is 1. The van der Waals surface area contributed by atoms with Crippen molar-refractivity contribution in [1.82, 2.24) is 10.2 Å². The Balaban J connectivity index is 2.58. The van der Waals surface area contributed by atoms with Gasteiger partial charge in [-0.3, -0.25) is 0 Å². The van der Waals surface area contributed by atoms with Gasteiger partial charge in [-0.05, 0) is 19.3 Å². The molecule has 1 saturated heterocycles. The lowest BCUT2D eigenvalue weighted by Gasteiger charge is -2.25. The maximum atomic E-state index is 11.9. The van der Waals surface area contributed by atoms with Crippen molar-refractivity contribution in [1.29, 1.82) is 0 Å². The van der Waals surface area contributed by atoms with E-state index in [1.54, 1.807) is 4.90 Å². The molecule has 5 heteroatoms. The van der Waals surface area contributed by atoms with E-state index in [1.807, 2.05) is 6.92 Å². The lowest BCUT2D eigenvalue weighted by molar-refractivity contribution is -0.139. The molecule has 0 radical (unpaired) electrons. The molecule has 0 saturated carbocycles. The van der Waals surface area contributed by atoms with E-state index in [-0.39, 0.29) is 18.5 Å². The highest BCUT2D eigenvalue weighted by atomic mass is 16.4. The molecular formula is C12H18N2O3. The molecule has 2 atom stereocenters. The molecule has 1 aliphatic heterocycles. The van der Waals surface area contributed by atoms with Gasteiger partial charge in [-0.1, -0.05) is 6.92 Å². The highest BCUT2D eigenvalue weighted by Gasteiger charge is 2.29. The van der Waals surface area contributed by atoms with Crippen molar-refractivity contribution in [3.63, 3.8) is 0 Å². The summed E-state index contributed by atoms with van der Waals surface area (Å²) in [6.45, 7) is 2.71. The van der Waals surface area contributed by atoms with Gasteiger partial charge in [0, 0.05) is 19.0 Å². The maximum Gasteiger partial charge on any atom is 0.327 e. The van der Waals surface area contributed by atoms with Crippen LogP contribution in [0.25, 0.3) is 0 Å². The molecule has 0 aromatic rings. The molecule has 94 valence electrons. The predicted molar refractivity (Wildman–Crippen MR) is 63.4 cm³/mol. The van der Waals surface area contributed by atoms with Crippen LogP contribution >= 0.6 is 0 Å². The highest BCUT2D eigenvalue weighted by molar-refractivity contribution is 5.83. The number of carbonyl (C=O) groups excluding carboxylic acids is 1. The molecule has 0 aromatic heterocycles. The number of hydrogen-bond acceptors (Lipinski definition) is 2. The first-order chi connectivity index (χ1) is 8.10. The number of nitrogens with zero attached hydrogens (tertiary/aromatic N) is 1. The summed E-state index contributed by atoms with van der Waals surface area (Å²) in [5.41, 5.74) is 0. The van der Waals surface area contributed by atoms with Crippen molar-refractivity contribution in [2.75, 3.05) is 6.54 Å². The fourth-order valence-corrected chi connectivity index (χ4v) is 2.08. The van der Waals surface area contributed by atoms with Crippen LogP contribution in [0, 0.1) is 12.3 Å². The van der Waals surface area contributed by atoms with Gasteiger partial charge < -0.3 is 15.3 Å². The van der Waals surface area contributed by atoms with Crippen LogP contribution < -0.4 is 5.32 Å². The molecule has 2 unspecified atom stereocenters. The maximum absolute atomic E-state index is 11.9. The van der Waals surface area contributed by atoms with Crippen LogP contribution in [0.15, 0.2) is 0 Å². The minimum absolute atomic E-state index is 0.00566. The molecule has 0 bridgehead atoms. The summed E-state index contributed by atoms with van der Waals surface area (Å²) in [5.74, 6) is 1.16. The third-order valence-electron chi connectivity index (χ3n) is 3.03. The topological polar surface area (TPSA) is 69.6 Å². The predicted octanol–water partition coefficient (Wildman–Crippen LogP) is 1.05. The zero-order valence-corrected chi connectivity index (χ0v) is 9.98. The molecule has 1 rings (SSSR count). The molecule has 1 fully saturated rings. The fraction of sp³-hybridized carbons (Fsp3) is 0.667. The van der Waals surface area contributed by atoms with Crippen molar-refractivity contribution in [2.45, 2.75) is 44.7 Å². The minimum Gasteiger partial charge on any atom is -0.480 e. The molecule has 1 heterocycles. The number of terminal acetylenes is 1. The summed E-state index contributed by atoms with van der Waals surface area (Å²) in [6.07, 6.45) is 7.92. The highest BCUT2D eigenvalue weighted by Crippen LogP contribution is 2.19. The first kappa shape index (κ1) is 13.4. The molecule has 2 N–H and O–H groups in total. The third kappa shape index (κ3) is 3.38. The Morgan fingerprint density at radius 2 is 2.35 bits per heavy atom. The number of aliphatic carboxylic acids is 1. The molecule has 0 aliphatic carbocycles. The Kier molecular flexibility index (Phi) is 4.83. The van der Waals surface area contributed by atoms with Crippen molar-refractivity contribution >= 4 is 12.0 Å². The average Bonchev–Trinajstić information content (AvgIpc) is 2.76. The monoisotopic (exact) mass is 238 g/mol. The summed E-state index contributed by atoms with van der Waals surface area (Å²) < 4.78 is 0. The van der Waals surface area contributed by atoms with E-state index in [0.717, 1.165) is 19.3 Å². The van der Waals surface area contributed by atoms with Gasteiger partial charge in [-0.15, -0.1) is 12.3 Å². The van der Waals surface area contributed by atoms with E-state index in [4.69, 9.17) is 11.5 Å². The van der Waals surface area contributed by atoms with E-state index in [9.17, 15) is 9.59 Å². The van der Waals surface area contributed by atoms with Gasteiger partial charge in [-0.25, -0.2) is 9.59 Å². The zero-order valence-electron chi connectivity index (χ0n) is 9.98. The van der Waals surface area contributed by atoms with Gasteiger partial charge in [0.25, 0.3) is 0 Å². The largest absolute Gasteiger partial charge is 0.480 e. The molecule has 1 aliphatic rings. The van der Waals surface area contributed by atoms with Crippen molar-refractivity contribution < 1.29 is 14.7 Å². The molecular weight excluding hydrogens is 220 g/mol. The van der Waals surface area contributed by atoms with Gasteiger partial charge in [0.1, 0.15) is 6.04 Å². The standard InChI is InChI=1S/C12H18N2O3/c1-3-6-10(11(15)16)13-12(17)14-8-5-7-9(14)4-2/h1,9-10H,4-8H2,2H3,(H,13,17)(H,15,16). The number of carbonyl (C=O) groups is 2. The first-order valence-electron chi connectivity index (χ1n) is 5.83. The first-order valence-corrected chi connectivity index (χ1v) is 5.83. The third-order valence-corrected chi connectivity index (χ3v) is 3.03. The van der Waals surface area contributed by atoms with Gasteiger partial charge in [0.15, 0.2) is 0 Å². The number of carboxylic acid groups (broad SMARTS) is 1. The Hall–Kier alpha value is -1.70. The number of likely N-dealkylation sites (tertiary alicyclic amines) is 1. The van der Waals surface area contributed by atoms with E-state index >= 15 is 0 Å². The van der Waals surface area contributed by atoms with Crippen molar-refractivity contribution in [3.8, 4) is 12.3 Å². The summed E-state index contributed by atoms with van der Waals surface area (Å²) in [4.78, 5) is 24.5. The second-order valence-corrected chi connectivity index (χ2v) is 4.15. The number of amides is 2. The Morgan fingerprint density at radius 1 is 1.65 bits per heavy atom. The van der Waals surface area contributed by atoms with E-state index in [1.165, 1.54) is 0 Å². The van der Waals surface area contributed by atoms with Crippen LogP contribution in [0.5, 0.6) is 0 Å². The fourth-order valence-electron chi connectivity index (χ4n) is 2.08. The second kappa shape index (κ2) is 6.14. The summed E-state index contributed by atoms with van der Waals surface area (Å²) in [6, 6.07) is -1.10. The average molecular weight is 238 g/mol. The van der Waals surface area contributed by atoms with Crippen LogP contribution in [0.3, 0.4) is 0 Å². The molecule has 17 heavy (non-hydrogen) atoms. The Morgan fingerprint density at radius 3 is 2.88 bits per heavy atom. The normalized spacial score (nSPS) is 20.7. The van der Waals surface area contributed by atoms with Crippen molar-refractivity contribution in [2.24, 2.45) is 0 Å². The number of hydrogen-bond donors (Lipinski definition) is 2. The lowest BCUT2D eigenvalue weighted by atomic mass is 10.2. The van der Waals surface area contributed by atoms with Crippen LogP contribution in [-0.4, -0.2) is 40.6 Å². The van der Waals surface area contributed by atoms with Gasteiger partial charge in [-0.2, -0.15) is 0 Å². The zero-order chi connectivity index (χ0) is 12.8. The number of nitrogens with one attached hydrogen (secondary N) is 1. The van der Waals surface area contributed by atoms with E-state index in [2.05, 4.69) is 11.2 Å². The Bertz CT molecular complexity index is 335. The summed E-state index contributed by atoms with van der Waals surface area (Å²) >= 11 is 0. The van der Waals surface area contributed by atoms with Crippen LogP contribution in [0.1, 0.15) is 32.6 Å². The summed E-state index contributed by atoms with van der Waals surface area (Å²) in [5, 5.41) is 11.4. The molecule has 0 spiro atoms. The quantitative estimate of drug-likeness (QED) is 0.719. The van der Waals surface area contributed by atoms with Gasteiger partial charge >= 0.3 is 12.0 Å². The molecule has 2 amide bonds. The second-order valence-electron chi connectivity index (χ2n) is 4.15. The number of carboxylic acids is 1. The molecule has 0 aromatic carbocycles. The smallest absolute Gasteiger partial charge is 0.327 e. The van der Waals surface area contributed by atoms with Gasteiger partial charge in [0.05, 0.1) is 0 Å². The van der Waals surface area contributed by atoms with Crippen LogP contribution in [0.4, 0.5) is 4.79 Å². The van der Waals surface area contributed by atoms with E-state index in [0.29, 0.717) is 6.54 Å². The van der Waals surface area contributed by atoms with Crippen LogP contribution in [-0.2, 0) is 4.79 Å². The van der Waals surface area contributed by atoms with Crippen molar-refractivity contribution in [3.05, 3.63) is 0 Å². The Labute approximate surface area is 101 Å². The lowest BCUT2D eigenvalue weighted by Crippen LogP contribution is -2.49. The van der Waals surface area contributed by atoms with Gasteiger partial charge in [0.2, 0.25) is 0 Å². The number of rotatable bonds is 4. The van der Waals surface area contributed by atoms with Crippen LogP contribution in [0.2, 0.25) is 0 Å². The minimum atomic E-state index is -1.09. The molecule has 5 nitrogen and oxygen atoms in total. The summed E-state index contributed by atoms with van der Waals surface area (Å²) in [7, 11) is 0. The SMILES string of the molecule is C#CCC(NC(=O)N1CCCC1CC)C(=O)O.